The van der Waals surface area contributed by atoms with E-state index >= 15 is 0 Å². The molecule has 1 amide bonds. The molecule has 0 radical (unpaired) electrons. The standard InChI is InChI=1S/C22H20F4N4O3/c1-4-18(31)33-21-19(20(32)27-3)12(2)29-30(21)17-10-13(5-6-28-17)7-14-8-15(22(24,25)26)11-16(23)9-14/h5-6,8-11H,4,7H2,1-3H3,(H,27,32). The maximum Gasteiger partial charge on any atom is 0.416 e. The van der Waals surface area contributed by atoms with Gasteiger partial charge >= 0.3 is 12.1 Å². The van der Waals surface area contributed by atoms with Crippen LogP contribution in [0.15, 0.2) is 36.5 Å². The van der Waals surface area contributed by atoms with Crippen molar-refractivity contribution in [1.82, 2.24) is 20.1 Å². The molecule has 0 unspecified atom stereocenters. The lowest BCUT2D eigenvalue weighted by molar-refractivity contribution is -0.138. The van der Waals surface area contributed by atoms with Crippen molar-refractivity contribution in [2.24, 2.45) is 0 Å². The number of aryl methyl sites for hydroxylation is 1. The number of carbonyl (C=O) groups is 2. The largest absolute Gasteiger partial charge is 0.416 e. The summed E-state index contributed by atoms with van der Waals surface area (Å²) < 4.78 is 59.3. The third-order valence-corrected chi connectivity index (χ3v) is 4.69. The Hall–Kier alpha value is -3.76. The first kappa shape index (κ1) is 23.9. The molecule has 0 spiro atoms. The van der Waals surface area contributed by atoms with Crippen LogP contribution in [0.5, 0.6) is 5.88 Å². The van der Waals surface area contributed by atoms with E-state index in [1.165, 1.54) is 24.0 Å². The highest BCUT2D eigenvalue weighted by molar-refractivity contribution is 5.98. The van der Waals surface area contributed by atoms with E-state index in [1.807, 2.05) is 0 Å². The van der Waals surface area contributed by atoms with Crippen LogP contribution in [-0.2, 0) is 17.4 Å². The van der Waals surface area contributed by atoms with Crippen molar-refractivity contribution in [3.05, 3.63) is 70.3 Å². The number of halogens is 4. The van der Waals surface area contributed by atoms with Gasteiger partial charge in [0.1, 0.15) is 11.4 Å². The van der Waals surface area contributed by atoms with Crippen molar-refractivity contribution < 1.29 is 31.9 Å². The van der Waals surface area contributed by atoms with E-state index in [0.717, 1.165) is 12.1 Å². The van der Waals surface area contributed by atoms with Crippen LogP contribution in [0.1, 0.15) is 46.1 Å². The van der Waals surface area contributed by atoms with E-state index in [4.69, 9.17) is 4.74 Å². The highest BCUT2D eigenvalue weighted by atomic mass is 19.4. The molecule has 0 atom stereocenters. The number of rotatable bonds is 6. The highest BCUT2D eigenvalue weighted by Gasteiger charge is 2.31. The van der Waals surface area contributed by atoms with Crippen molar-refractivity contribution >= 4 is 11.9 Å². The molecule has 0 saturated heterocycles. The van der Waals surface area contributed by atoms with Crippen molar-refractivity contribution in [2.75, 3.05) is 7.05 Å². The maximum atomic E-state index is 13.8. The molecule has 3 aromatic rings. The zero-order valence-electron chi connectivity index (χ0n) is 18.0. The minimum atomic E-state index is -4.68. The fourth-order valence-electron chi connectivity index (χ4n) is 3.16. The molecule has 1 aromatic carbocycles. The Balaban J connectivity index is 2.03. The molecule has 1 N–H and O–H groups in total. The van der Waals surface area contributed by atoms with Gasteiger partial charge in [-0.3, -0.25) is 9.59 Å². The zero-order valence-corrected chi connectivity index (χ0v) is 18.0. The minimum absolute atomic E-state index is 0.0248. The fourth-order valence-corrected chi connectivity index (χ4v) is 3.16. The molecule has 3 rings (SSSR count). The number of ether oxygens (including phenoxy) is 1. The first-order chi connectivity index (χ1) is 15.5. The van der Waals surface area contributed by atoms with Crippen LogP contribution in [-0.4, -0.2) is 33.7 Å². The van der Waals surface area contributed by atoms with E-state index in [1.54, 1.807) is 19.9 Å². The number of nitrogens with one attached hydrogen (secondary N) is 1. The molecule has 0 aliphatic carbocycles. The summed E-state index contributed by atoms with van der Waals surface area (Å²) in [6, 6.07) is 5.38. The average molecular weight is 464 g/mol. The predicted octanol–water partition coefficient (Wildman–Crippen LogP) is 4.00. The molecule has 0 saturated carbocycles. The Kier molecular flexibility index (Phi) is 6.80. The Labute approximate surface area is 186 Å². The Morgan fingerprint density at radius 2 is 1.88 bits per heavy atom. The molecule has 2 aromatic heterocycles. The van der Waals surface area contributed by atoms with Crippen molar-refractivity contribution in [3.63, 3.8) is 0 Å². The number of aromatic nitrogens is 3. The lowest BCUT2D eigenvalue weighted by Crippen LogP contribution is -2.20. The van der Waals surface area contributed by atoms with Gasteiger partial charge in [0.05, 0.1) is 11.3 Å². The number of nitrogens with zero attached hydrogens (tertiary/aromatic N) is 3. The summed E-state index contributed by atoms with van der Waals surface area (Å²) in [4.78, 5) is 28.4. The summed E-state index contributed by atoms with van der Waals surface area (Å²) in [5.41, 5.74) is -0.147. The van der Waals surface area contributed by atoms with Gasteiger partial charge in [0.2, 0.25) is 5.88 Å². The minimum Gasteiger partial charge on any atom is -0.406 e. The first-order valence-corrected chi connectivity index (χ1v) is 9.87. The van der Waals surface area contributed by atoms with Gasteiger partial charge in [-0.25, -0.2) is 9.37 Å². The quantitative estimate of drug-likeness (QED) is 0.440. The molecule has 174 valence electrons. The number of hydrogen-bond acceptors (Lipinski definition) is 5. The SMILES string of the molecule is CCC(=O)Oc1c(C(=O)NC)c(C)nn1-c1cc(Cc2cc(F)cc(C(F)(F)F)c2)ccn1. The smallest absolute Gasteiger partial charge is 0.406 e. The first-order valence-electron chi connectivity index (χ1n) is 9.87. The molecule has 11 heteroatoms. The zero-order chi connectivity index (χ0) is 24.3. The van der Waals surface area contributed by atoms with E-state index < -0.39 is 29.4 Å². The van der Waals surface area contributed by atoms with Gasteiger partial charge in [-0.2, -0.15) is 23.0 Å². The molecule has 7 nitrogen and oxygen atoms in total. The lowest BCUT2D eigenvalue weighted by Gasteiger charge is -2.11. The molecular weight excluding hydrogens is 444 g/mol. The Morgan fingerprint density at radius 3 is 2.52 bits per heavy atom. The van der Waals surface area contributed by atoms with Crippen LogP contribution in [0.25, 0.3) is 5.82 Å². The number of hydrogen-bond donors (Lipinski definition) is 1. The van der Waals surface area contributed by atoms with Crippen molar-refractivity contribution in [1.29, 1.82) is 0 Å². The summed E-state index contributed by atoms with van der Waals surface area (Å²) >= 11 is 0. The van der Waals surface area contributed by atoms with Crippen LogP contribution >= 0.6 is 0 Å². The maximum absolute atomic E-state index is 13.8. The van der Waals surface area contributed by atoms with Gasteiger partial charge < -0.3 is 10.1 Å². The molecule has 0 aliphatic rings. The second kappa shape index (κ2) is 9.39. The number of alkyl halides is 3. The van der Waals surface area contributed by atoms with Crippen LogP contribution in [0.3, 0.4) is 0 Å². The van der Waals surface area contributed by atoms with E-state index in [-0.39, 0.29) is 41.4 Å². The molecule has 2 heterocycles. The molecule has 33 heavy (non-hydrogen) atoms. The monoisotopic (exact) mass is 464 g/mol. The number of pyridine rings is 1. The lowest BCUT2D eigenvalue weighted by atomic mass is 10.0. The van der Waals surface area contributed by atoms with Gasteiger partial charge in [0, 0.05) is 19.7 Å². The molecule has 0 fully saturated rings. The number of amides is 1. The van der Waals surface area contributed by atoms with Crippen molar-refractivity contribution in [2.45, 2.75) is 32.9 Å². The summed E-state index contributed by atoms with van der Waals surface area (Å²) in [6.45, 7) is 3.14. The number of benzene rings is 1. The van der Waals surface area contributed by atoms with Crippen LogP contribution in [0.2, 0.25) is 0 Å². The summed E-state index contributed by atoms with van der Waals surface area (Å²) in [5.74, 6) is -2.09. The van der Waals surface area contributed by atoms with Crippen LogP contribution < -0.4 is 10.1 Å². The molecular formula is C22H20F4N4O3. The molecule has 0 bridgehead atoms. The summed E-state index contributed by atoms with van der Waals surface area (Å²) in [7, 11) is 1.41. The van der Waals surface area contributed by atoms with E-state index in [9.17, 15) is 27.2 Å². The normalized spacial score (nSPS) is 11.4. The third-order valence-electron chi connectivity index (χ3n) is 4.69. The van der Waals surface area contributed by atoms with Crippen LogP contribution in [0.4, 0.5) is 17.6 Å². The van der Waals surface area contributed by atoms with Crippen molar-refractivity contribution in [3.8, 4) is 11.7 Å². The van der Waals surface area contributed by atoms with E-state index in [2.05, 4.69) is 15.4 Å². The van der Waals surface area contributed by atoms with Gasteiger partial charge in [-0.15, -0.1) is 0 Å². The second-order valence-electron chi connectivity index (χ2n) is 7.13. The topological polar surface area (TPSA) is 86.1 Å². The van der Waals surface area contributed by atoms with Crippen LogP contribution in [0, 0.1) is 12.7 Å². The Bertz CT molecular complexity index is 1200. The number of carbonyl (C=O) groups excluding carboxylic acids is 2. The van der Waals surface area contributed by atoms with Gasteiger partial charge in [0.15, 0.2) is 5.82 Å². The summed E-state index contributed by atoms with van der Waals surface area (Å²) in [5, 5.41) is 6.71. The predicted molar refractivity (Wildman–Crippen MR) is 110 cm³/mol. The Morgan fingerprint density at radius 1 is 1.15 bits per heavy atom. The third kappa shape index (κ3) is 5.36. The molecule has 0 aliphatic heterocycles. The summed E-state index contributed by atoms with van der Waals surface area (Å²) in [6.07, 6.45) is -3.27. The van der Waals surface area contributed by atoms with Gasteiger partial charge in [0.25, 0.3) is 5.91 Å². The van der Waals surface area contributed by atoms with Gasteiger partial charge in [-0.05, 0) is 54.8 Å². The van der Waals surface area contributed by atoms with E-state index in [0.29, 0.717) is 11.6 Å². The van der Waals surface area contributed by atoms with Gasteiger partial charge in [-0.1, -0.05) is 6.92 Å². The average Bonchev–Trinajstić information content (AvgIpc) is 3.08. The second-order valence-corrected chi connectivity index (χ2v) is 7.13. The highest BCUT2D eigenvalue weighted by Crippen LogP contribution is 2.31. The fraction of sp³-hybridized carbons (Fsp3) is 0.273. The number of esters is 1.